The molecule has 3 N–H and O–H groups in total. The predicted molar refractivity (Wildman–Crippen MR) is 116 cm³/mol. The maximum Gasteiger partial charge on any atom is 0.240 e. The quantitative estimate of drug-likeness (QED) is 0.338. The largest absolute Gasteiger partial charge is 0.372 e. The van der Waals surface area contributed by atoms with Crippen molar-refractivity contribution in [2.45, 2.75) is 45.3 Å². The van der Waals surface area contributed by atoms with Crippen molar-refractivity contribution < 1.29 is 4.79 Å². The Morgan fingerprint density at radius 3 is 2.54 bits per heavy atom. The minimum atomic E-state index is -0.248. The van der Waals surface area contributed by atoms with Gasteiger partial charge in [0.05, 0.1) is 12.0 Å². The summed E-state index contributed by atoms with van der Waals surface area (Å²) in [6.45, 7) is 12.1. The molecule has 1 heterocycles. The average molecular weight is 404 g/mol. The number of rotatable bonds is 9. The Balaban J connectivity index is 1.82. The maximum atomic E-state index is 11.8. The smallest absolute Gasteiger partial charge is 0.240 e. The number of aromatic amines is 1. The van der Waals surface area contributed by atoms with E-state index < -0.39 is 0 Å². The molecule has 152 valence electrons. The topological polar surface area (TPSA) is 98.3 Å². The second-order valence-corrected chi connectivity index (χ2v) is 8.13. The van der Waals surface area contributed by atoms with Crippen molar-refractivity contribution in [1.29, 1.82) is 0 Å². The lowest BCUT2D eigenvalue weighted by Crippen LogP contribution is -2.41. The Morgan fingerprint density at radius 2 is 1.93 bits per heavy atom. The van der Waals surface area contributed by atoms with Crippen molar-refractivity contribution in [2.75, 3.05) is 29.2 Å². The van der Waals surface area contributed by atoms with Crippen LogP contribution in [-0.2, 0) is 4.79 Å². The zero-order valence-electron chi connectivity index (χ0n) is 17.1. The van der Waals surface area contributed by atoms with Crippen LogP contribution in [0.3, 0.4) is 0 Å². The molecule has 28 heavy (non-hydrogen) atoms. The number of nitrogens with zero attached hydrogens (tertiary/aromatic N) is 4. The van der Waals surface area contributed by atoms with Crippen LogP contribution in [0.4, 0.5) is 11.6 Å². The van der Waals surface area contributed by atoms with E-state index >= 15 is 0 Å². The van der Waals surface area contributed by atoms with E-state index in [0.29, 0.717) is 11.1 Å². The van der Waals surface area contributed by atoms with E-state index in [0.717, 1.165) is 18.7 Å². The van der Waals surface area contributed by atoms with Crippen LogP contribution in [0.15, 0.2) is 34.5 Å². The Morgan fingerprint density at radius 1 is 1.25 bits per heavy atom. The Kier molecular flexibility index (Phi) is 7.86. The highest BCUT2D eigenvalue weighted by Crippen LogP contribution is 2.15. The van der Waals surface area contributed by atoms with Crippen molar-refractivity contribution in [3.05, 3.63) is 29.8 Å². The summed E-state index contributed by atoms with van der Waals surface area (Å²) >= 11 is 1.27. The molecule has 9 heteroatoms. The normalized spacial score (nSPS) is 11.6. The second kappa shape index (κ2) is 10.1. The molecular weight excluding hydrogens is 374 g/mol. The number of hydrogen-bond donors (Lipinski definition) is 3. The van der Waals surface area contributed by atoms with Crippen LogP contribution in [0.5, 0.6) is 0 Å². The van der Waals surface area contributed by atoms with Crippen LogP contribution in [0.1, 0.15) is 40.2 Å². The summed E-state index contributed by atoms with van der Waals surface area (Å²) in [5.41, 5.74) is 4.75. The van der Waals surface area contributed by atoms with Gasteiger partial charge in [-0.3, -0.25) is 4.79 Å². The van der Waals surface area contributed by atoms with E-state index in [-0.39, 0.29) is 17.2 Å². The summed E-state index contributed by atoms with van der Waals surface area (Å²) < 4.78 is 0. The van der Waals surface area contributed by atoms with Crippen LogP contribution in [0, 0.1) is 0 Å². The molecule has 0 aliphatic carbocycles. The number of thioether (sulfide) groups is 1. The van der Waals surface area contributed by atoms with Gasteiger partial charge in [0, 0.05) is 24.3 Å². The number of carbonyl (C=O) groups excluding carboxylic acids is 1. The summed E-state index contributed by atoms with van der Waals surface area (Å²) in [4.78, 5) is 18.4. The first-order chi connectivity index (χ1) is 13.3. The van der Waals surface area contributed by atoms with Crippen LogP contribution < -0.4 is 15.6 Å². The standard InChI is InChI=1S/C19H29N7OS/c1-6-26(7-2)15-10-8-14(9-11-15)12-20-23-17-21-18(25-24-17)28-13-16(27)22-19(3,4)5/h8-12H,6-7,13H2,1-5H3,(H,22,27)(H2,21,23,24,25)/b20-12-. The second-order valence-electron chi connectivity index (χ2n) is 7.19. The fourth-order valence-corrected chi connectivity index (χ4v) is 3.07. The number of aromatic nitrogens is 3. The maximum absolute atomic E-state index is 11.8. The molecule has 1 aromatic carbocycles. The molecule has 2 rings (SSSR count). The number of carbonyl (C=O) groups is 1. The van der Waals surface area contributed by atoms with Gasteiger partial charge < -0.3 is 10.2 Å². The van der Waals surface area contributed by atoms with Gasteiger partial charge in [-0.2, -0.15) is 10.1 Å². The van der Waals surface area contributed by atoms with Gasteiger partial charge in [0.15, 0.2) is 0 Å². The fourth-order valence-electron chi connectivity index (χ4n) is 2.47. The first kappa shape index (κ1) is 21.7. The Labute approximate surface area is 170 Å². The Bertz CT molecular complexity index is 776. The minimum absolute atomic E-state index is 0.0528. The Hall–Kier alpha value is -2.55. The van der Waals surface area contributed by atoms with E-state index in [1.165, 1.54) is 17.4 Å². The molecule has 1 aromatic heterocycles. The van der Waals surface area contributed by atoms with E-state index in [1.807, 2.05) is 32.9 Å². The fraction of sp³-hybridized carbons (Fsp3) is 0.474. The number of hydrogen-bond acceptors (Lipinski definition) is 7. The summed E-state index contributed by atoms with van der Waals surface area (Å²) in [7, 11) is 0. The van der Waals surface area contributed by atoms with Crippen LogP contribution >= 0.6 is 11.8 Å². The van der Waals surface area contributed by atoms with E-state index in [4.69, 9.17) is 0 Å². The summed E-state index contributed by atoms with van der Waals surface area (Å²) in [6.07, 6.45) is 1.72. The zero-order chi connectivity index (χ0) is 20.6. The van der Waals surface area contributed by atoms with E-state index in [2.05, 4.69) is 61.9 Å². The molecule has 0 aliphatic heterocycles. The van der Waals surface area contributed by atoms with Crippen LogP contribution in [-0.4, -0.2) is 51.7 Å². The van der Waals surface area contributed by atoms with E-state index in [9.17, 15) is 4.79 Å². The van der Waals surface area contributed by atoms with Gasteiger partial charge in [-0.05, 0) is 52.3 Å². The molecule has 0 spiro atoms. The van der Waals surface area contributed by atoms with Gasteiger partial charge in [-0.1, -0.05) is 23.9 Å². The van der Waals surface area contributed by atoms with Crippen molar-refractivity contribution >= 4 is 35.5 Å². The number of benzene rings is 1. The highest BCUT2D eigenvalue weighted by Gasteiger charge is 2.14. The first-order valence-corrected chi connectivity index (χ1v) is 10.3. The van der Waals surface area contributed by atoms with Crippen molar-refractivity contribution in [3.8, 4) is 0 Å². The number of H-pyrrole nitrogens is 1. The molecule has 0 unspecified atom stereocenters. The molecule has 0 saturated carbocycles. The van der Waals surface area contributed by atoms with Gasteiger partial charge >= 0.3 is 0 Å². The van der Waals surface area contributed by atoms with Gasteiger partial charge in [0.1, 0.15) is 0 Å². The number of anilines is 2. The molecule has 0 saturated heterocycles. The summed E-state index contributed by atoms with van der Waals surface area (Å²) in [6, 6.07) is 8.21. The van der Waals surface area contributed by atoms with Gasteiger partial charge in [-0.25, -0.2) is 10.5 Å². The van der Waals surface area contributed by atoms with E-state index in [1.54, 1.807) is 6.21 Å². The van der Waals surface area contributed by atoms with Crippen molar-refractivity contribution in [2.24, 2.45) is 5.10 Å². The molecule has 0 radical (unpaired) electrons. The summed E-state index contributed by atoms with van der Waals surface area (Å²) in [5, 5.41) is 14.4. The molecule has 0 aliphatic rings. The van der Waals surface area contributed by atoms with Crippen LogP contribution in [0.2, 0.25) is 0 Å². The number of nitrogens with one attached hydrogen (secondary N) is 3. The molecule has 1 amide bonds. The lowest BCUT2D eigenvalue weighted by Gasteiger charge is -2.20. The SMILES string of the molecule is CCN(CC)c1ccc(/C=N\Nc2nc(SCC(=O)NC(C)(C)C)n[nH]2)cc1. The molecule has 0 atom stereocenters. The first-order valence-electron chi connectivity index (χ1n) is 9.31. The van der Waals surface area contributed by atoms with Crippen LogP contribution in [0.25, 0.3) is 0 Å². The molecule has 8 nitrogen and oxygen atoms in total. The highest BCUT2D eigenvalue weighted by atomic mass is 32.2. The third-order valence-electron chi connectivity index (χ3n) is 3.72. The molecule has 2 aromatic rings. The predicted octanol–water partition coefficient (Wildman–Crippen LogP) is 3.10. The average Bonchev–Trinajstić information content (AvgIpc) is 3.09. The third-order valence-corrected chi connectivity index (χ3v) is 4.56. The lowest BCUT2D eigenvalue weighted by atomic mass is 10.1. The van der Waals surface area contributed by atoms with Gasteiger partial charge in [0.2, 0.25) is 17.0 Å². The summed E-state index contributed by atoms with van der Waals surface area (Å²) in [5.74, 6) is 0.634. The molecular formula is C19H29N7OS. The van der Waals surface area contributed by atoms with Gasteiger partial charge in [0.25, 0.3) is 0 Å². The molecule has 0 fully saturated rings. The lowest BCUT2D eigenvalue weighted by molar-refractivity contribution is -0.119. The monoisotopic (exact) mass is 403 g/mol. The van der Waals surface area contributed by atoms with Gasteiger partial charge in [-0.15, -0.1) is 5.10 Å². The zero-order valence-corrected chi connectivity index (χ0v) is 17.9. The third kappa shape index (κ3) is 7.22. The molecule has 0 bridgehead atoms. The minimum Gasteiger partial charge on any atom is -0.372 e. The van der Waals surface area contributed by atoms with Crippen molar-refractivity contribution in [3.63, 3.8) is 0 Å². The van der Waals surface area contributed by atoms with Crippen molar-refractivity contribution in [1.82, 2.24) is 20.5 Å². The number of hydrazone groups is 1. The highest BCUT2D eigenvalue weighted by molar-refractivity contribution is 7.99. The number of amides is 1.